The van der Waals surface area contributed by atoms with Gasteiger partial charge in [-0.25, -0.2) is 4.98 Å². The van der Waals surface area contributed by atoms with Gasteiger partial charge in [-0.2, -0.15) is 0 Å². The normalized spacial score (nSPS) is 16.8. The van der Waals surface area contributed by atoms with Gasteiger partial charge in [0, 0.05) is 17.6 Å². The molecule has 0 atom stereocenters. The molecule has 0 spiro atoms. The predicted octanol–water partition coefficient (Wildman–Crippen LogP) is 2.98. The van der Waals surface area contributed by atoms with E-state index in [4.69, 9.17) is 0 Å². The summed E-state index contributed by atoms with van der Waals surface area (Å²) in [6.07, 6.45) is 2.57. The van der Waals surface area contributed by atoms with Crippen molar-refractivity contribution in [3.8, 4) is 0 Å². The third-order valence-corrected chi connectivity index (χ3v) is 4.49. The van der Waals surface area contributed by atoms with Crippen molar-refractivity contribution < 1.29 is 0 Å². The Hall–Kier alpha value is -0.610. The van der Waals surface area contributed by atoms with Crippen LogP contribution >= 0.6 is 15.9 Å². The molecule has 18 heavy (non-hydrogen) atoms. The number of aromatic nitrogens is 1. The number of nitrogens with one attached hydrogen (secondary N) is 1. The quantitative estimate of drug-likeness (QED) is 0.926. The number of rotatable bonds is 4. The molecule has 1 saturated heterocycles. The molecule has 1 aliphatic rings. The Morgan fingerprint density at radius 3 is 2.72 bits per heavy atom. The highest BCUT2D eigenvalue weighted by molar-refractivity contribution is 9.10. The number of hydrogen-bond acceptors (Lipinski definition) is 3. The van der Waals surface area contributed by atoms with Gasteiger partial charge in [0.25, 0.3) is 0 Å². The van der Waals surface area contributed by atoms with Crippen molar-refractivity contribution in [3.05, 3.63) is 22.3 Å². The number of halogens is 1. The Labute approximate surface area is 118 Å². The lowest BCUT2D eigenvalue weighted by Gasteiger charge is -2.30. The van der Waals surface area contributed by atoms with Crippen LogP contribution in [0.1, 0.15) is 25.5 Å². The van der Waals surface area contributed by atoms with Crippen LogP contribution in [-0.4, -0.2) is 31.2 Å². The minimum atomic E-state index is 0.803. The van der Waals surface area contributed by atoms with Gasteiger partial charge < -0.3 is 10.2 Å². The second kappa shape index (κ2) is 6.53. The van der Waals surface area contributed by atoms with Crippen LogP contribution in [0.4, 0.5) is 5.82 Å². The molecule has 0 saturated carbocycles. The van der Waals surface area contributed by atoms with Crippen LogP contribution in [0.25, 0.3) is 0 Å². The molecule has 2 heterocycles. The van der Waals surface area contributed by atoms with Gasteiger partial charge in [-0.1, -0.05) is 0 Å². The summed E-state index contributed by atoms with van der Waals surface area (Å²) in [6.45, 7) is 8.74. The molecule has 4 heteroatoms. The Morgan fingerprint density at radius 2 is 2.11 bits per heavy atom. The fourth-order valence-electron chi connectivity index (χ4n) is 2.47. The molecule has 100 valence electrons. The molecular weight excluding hydrogens is 290 g/mol. The van der Waals surface area contributed by atoms with Crippen LogP contribution in [0, 0.1) is 12.8 Å². The number of piperidine rings is 1. The third kappa shape index (κ3) is 3.45. The average molecular weight is 312 g/mol. The van der Waals surface area contributed by atoms with Crippen molar-refractivity contribution in [1.82, 2.24) is 10.3 Å². The second-order valence-electron chi connectivity index (χ2n) is 4.97. The lowest BCUT2D eigenvalue weighted by molar-refractivity contribution is 0.374. The number of hydrogen-bond donors (Lipinski definition) is 1. The summed E-state index contributed by atoms with van der Waals surface area (Å²) in [4.78, 5) is 7.07. The van der Waals surface area contributed by atoms with E-state index in [1.54, 1.807) is 0 Å². The van der Waals surface area contributed by atoms with Gasteiger partial charge >= 0.3 is 0 Å². The summed E-state index contributed by atoms with van der Waals surface area (Å²) in [7, 11) is 0. The minimum Gasteiger partial charge on any atom is -0.357 e. The van der Waals surface area contributed by atoms with Crippen molar-refractivity contribution >= 4 is 21.7 Å². The van der Waals surface area contributed by atoms with E-state index in [1.807, 2.05) is 6.92 Å². The van der Waals surface area contributed by atoms with Crippen LogP contribution in [0.5, 0.6) is 0 Å². The molecule has 1 aromatic heterocycles. The first-order chi connectivity index (χ1) is 8.70. The zero-order valence-electron chi connectivity index (χ0n) is 11.2. The summed E-state index contributed by atoms with van der Waals surface area (Å²) >= 11 is 3.51. The van der Waals surface area contributed by atoms with Crippen LogP contribution in [0.15, 0.2) is 16.6 Å². The summed E-state index contributed by atoms with van der Waals surface area (Å²) in [6, 6.07) is 4.21. The lowest BCUT2D eigenvalue weighted by atomic mass is 9.97. The van der Waals surface area contributed by atoms with Crippen LogP contribution in [0.3, 0.4) is 0 Å². The van der Waals surface area contributed by atoms with E-state index in [9.17, 15) is 0 Å². The molecule has 3 nitrogen and oxygen atoms in total. The zero-order valence-corrected chi connectivity index (χ0v) is 12.8. The molecular formula is C14H22BrN3. The van der Waals surface area contributed by atoms with E-state index in [1.165, 1.54) is 12.8 Å². The van der Waals surface area contributed by atoms with Gasteiger partial charge in [0.1, 0.15) is 5.82 Å². The topological polar surface area (TPSA) is 28.2 Å². The van der Waals surface area contributed by atoms with Crippen molar-refractivity contribution in [2.24, 2.45) is 5.92 Å². The predicted molar refractivity (Wildman–Crippen MR) is 80.2 cm³/mol. The maximum absolute atomic E-state index is 4.67. The molecule has 0 unspecified atom stereocenters. The van der Waals surface area contributed by atoms with Crippen molar-refractivity contribution in [1.29, 1.82) is 0 Å². The largest absolute Gasteiger partial charge is 0.357 e. The van der Waals surface area contributed by atoms with E-state index in [-0.39, 0.29) is 0 Å². The second-order valence-corrected chi connectivity index (χ2v) is 5.82. The summed E-state index contributed by atoms with van der Waals surface area (Å²) in [5.74, 6) is 1.91. The highest BCUT2D eigenvalue weighted by atomic mass is 79.9. The first-order valence-corrected chi connectivity index (χ1v) is 7.58. The van der Waals surface area contributed by atoms with Crippen molar-refractivity contribution in [2.75, 3.05) is 31.1 Å². The summed E-state index contributed by atoms with van der Waals surface area (Å²) in [5, 5.41) is 3.42. The Bertz CT molecular complexity index is 389. The number of pyridine rings is 1. The van der Waals surface area contributed by atoms with E-state index in [2.05, 4.69) is 50.2 Å². The molecule has 2 rings (SSSR count). The van der Waals surface area contributed by atoms with E-state index in [0.29, 0.717) is 0 Å². The van der Waals surface area contributed by atoms with E-state index < -0.39 is 0 Å². The lowest BCUT2D eigenvalue weighted by Crippen LogP contribution is -2.36. The fraction of sp³-hybridized carbons (Fsp3) is 0.643. The first kappa shape index (κ1) is 13.8. The average Bonchev–Trinajstić information content (AvgIpc) is 2.40. The van der Waals surface area contributed by atoms with Crippen LogP contribution in [0.2, 0.25) is 0 Å². The maximum atomic E-state index is 4.67. The number of nitrogens with zero attached hydrogens (tertiary/aromatic N) is 2. The number of aryl methyl sites for hydroxylation is 1. The van der Waals surface area contributed by atoms with Crippen molar-refractivity contribution in [2.45, 2.75) is 26.7 Å². The summed E-state index contributed by atoms with van der Waals surface area (Å²) in [5.41, 5.74) is 1.07. The van der Waals surface area contributed by atoms with Gasteiger partial charge in [-0.05, 0) is 73.8 Å². The molecule has 1 aliphatic heterocycles. The number of anilines is 1. The van der Waals surface area contributed by atoms with Gasteiger partial charge in [-0.3, -0.25) is 0 Å². The Morgan fingerprint density at radius 1 is 1.39 bits per heavy atom. The fourth-order valence-corrected chi connectivity index (χ4v) is 2.69. The molecule has 0 aliphatic carbocycles. The SMILES string of the molecule is CCN(CC1CCNCC1)c1ccc(Br)c(C)n1. The van der Waals surface area contributed by atoms with E-state index >= 15 is 0 Å². The monoisotopic (exact) mass is 311 g/mol. The molecule has 1 N–H and O–H groups in total. The summed E-state index contributed by atoms with van der Waals surface area (Å²) < 4.78 is 1.09. The molecule has 0 aromatic carbocycles. The molecule has 0 radical (unpaired) electrons. The van der Waals surface area contributed by atoms with Crippen molar-refractivity contribution in [3.63, 3.8) is 0 Å². The first-order valence-electron chi connectivity index (χ1n) is 6.79. The smallest absolute Gasteiger partial charge is 0.128 e. The van der Waals surface area contributed by atoms with Gasteiger partial charge in [0.2, 0.25) is 0 Å². The highest BCUT2D eigenvalue weighted by Crippen LogP contribution is 2.21. The van der Waals surface area contributed by atoms with Crippen LogP contribution in [-0.2, 0) is 0 Å². The third-order valence-electron chi connectivity index (χ3n) is 3.65. The Balaban J connectivity index is 2.04. The highest BCUT2D eigenvalue weighted by Gasteiger charge is 2.17. The van der Waals surface area contributed by atoms with Gasteiger partial charge in [-0.15, -0.1) is 0 Å². The van der Waals surface area contributed by atoms with Gasteiger partial charge in [0.15, 0.2) is 0 Å². The molecule has 1 aromatic rings. The van der Waals surface area contributed by atoms with E-state index in [0.717, 1.165) is 48.1 Å². The van der Waals surface area contributed by atoms with Crippen LogP contribution < -0.4 is 10.2 Å². The minimum absolute atomic E-state index is 0.803. The van der Waals surface area contributed by atoms with Gasteiger partial charge in [0.05, 0.1) is 5.69 Å². The maximum Gasteiger partial charge on any atom is 0.128 e. The zero-order chi connectivity index (χ0) is 13.0. The molecule has 0 bridgehead atoms. The standard InChI is InChI=1S/C14H22BrN3/c1-3-18(10-12-6-8-16-9-7-12)14-5-4-13(15)11(2)17-14/h4-5,12,16H,3,6-10H2,1-2H3. The molecule has 0 amide bonds. The molecule has 1 fully saturated rings. The Kier molecular flexibility index (Phi) is 5.01.